The molecule has 0 spiro atoms. The fourth-order valence-electron chi connectivity index (χ4n) is 2.48. The second-order valence-electron chi connectivity index (χ2n) is 6.10. The minimum atomic E-state index is 0.170. The molecule has 23 heavy (non-hydrogen) atoms. The van der Waals surface area contributed by atoms with Crippen molar-refractivity contribution in [3.05, 3.63) is 30.4 Å². The summed E-state index contributed by atoms with van der Waals surface area (Å²) in [5, 5.41) is 2.96. The Labute approximate surface area is 141 Å². The van der Waals surface area contributed by atoms with Crippen LogP contribution in [0, 0.1) is 0 Å². The van der Waals surface area contributed by atoms with Crippen molar-refractivity contribution in [2.45, 2.75) is 77.6 Å². The molecule has 0 radical (unpaired) electrons. The van der Waals surface area contributed by atoms with Crippen LogP contribution < -0.4 is 5.32 Å². The van der Waals surface area contributed by atoms with Gasteiger partial charge in [-0.05, 0) is 25.7 Å². The van der Waals surface area contributed by atoms with E-state index >= 15 is 0 Å². The Kier molecular flexibility index (Phi) is 11.9. The molecule has 0 aliphatic heterocycles. The summed E-state index contributed by atoms with van der Waals surface area (Å²) < 4.78 is 0. The second kappa shape index (κ2) is 14.0. The van der Waals surface area contributed by atoms with Gasteiger partial charge in [-0.25, -0.2) is 4.98 Å². The lowest BCUT2D eigenvalue weighted by molar-refractivity contribution is -0.121. The van der Waals surface area contributed by atoms with Gasteiger partial charge in [-0.2, -0.15) is 0 Å². The van der Waals surface area contributed by atoms with Gasteiger partial charge in [0.25, 0.3) is 0 Å². The van der Waals surface area contributed by atoms with E-state index in [1.807, 2.05) is 0 Å². The molecule has 0 aliphatic rings. The number of hydrogen-bond acceptors (Lipinski definition) is 2. The lowest BCUT2D eigenvalue weighted by Crippen LogP contribution is -2.25. The molecular weight excluding hydrogens is 286 g/mol. The number of aromatic nitrogens is 2. The third-order valence-electron chi connectivity index (χ3n) is 3.94. The van der Waals surface area contributed by atoms with Crippen molar-refractivity contribution in [3.63, 3.8) is 0 Å². The van der Waals surface area contributed by atoms with Crippen LogP contribution in [-0.2, 0) is 11.2 Å². The molecule has 0 saturated carbocycles. The van der Waals surface area contributed by atoms with Crippen molar-refractivity contribution in [1.82, 2.24) is 15.3 Å². The van der Waals surface area contributed by atoms with Crippen LogP contribution in [0.1, 0.15) is 76.8 Å². The third-order valence-corrected chi connectivity index (χ3v) is 3.94. The Morgan fingerprint density at radius 2 is 1.87 bits per heavy atom. The fraction of sp³-hybridized carbons (Fsp3) is 0.684. The van der Waals surface area contributed by atoms with E-state index in [-0.39, 0.29) is 5.91 Å². The van der Waals surface area contributed by atoms with Crippen LogP contribution in [0.4, 0.5) is 0 Å². The van der Waals surface area contributed by atoms with E-state index < -0.39 is 0 Å². The summed E-state index contributed by atoms with van der Waals surface area (Å²) in [7, 11) is 0. The zero-order valence-electron chi connectivity index (χ0n) is 14.7. The van der Waals surface area contributed by atoms with Crippen molar-refractivity contribution in [1.29, 1.82) is 0 Å². The van der Waals surface area contributed by atoms with Gasteiger partial charge >= 0.3 is 0 Å². The Balaban J connectivity index is 1.83. The fourth-order valence-corrected chi connectivity index (χ4v) is 2.48. The maximum absolute atomic E-state index is 11.7. The number of imidazole rings is 1. The van der Waals surface area contributed by atoms with Crippen LogP contribution in [0.2, 0.25) is 0 Å². The predicted molar refractivity (Wildman–Crippen MR) is 96.3 cm³/mol. The molecule has 0 unspecified atom stereocenters. The van der Waals surface area contributed by atoms with Crippen molar-refractivity contribution in [2.24, 2.45) is 0 Å². The standard InChI is InChI=1S/C19H33N3O/c1-2-3-4-5-6-7-8-9-10-11-12-13-19(23)21-15-14-18-16-20-17-22-18/h5-6,16-17H,2-4,7-15H2,1H3,(H,20,22)(H,21,23)/b6-5-. The Morgan fingerprint density at radius 3 is 2.61 bits per heavy atom. The molecule has 4 nitrogen and oxygen atoms in total. The third kappa shape index (κ3) is 11.6. The van der Waals surface area contributed by atoms with Crippen LogP contribution in [0.15, 0.2) is 24.7 Å². The first kappa shape index (κ1) is 19.5. The highest BCUT2D eigenvalue weighted by atomic mass is 16.1. The minimum Gasteiger partial charge on any atom is -0.356 e. The van der Waals surface area contributed by atoms with Gasteiger partial charge in [0, 0.05) is 31.3 Å². The maximum atomic E-state index is 11.7. The second-order valence-corrected chi connectivity index (χ2v) is 6.10. The van der Waals surface area contributed by atoms with E-state index in [0.29, 0.717) is 13.0 Å². The predicted octanol–water partition coefficient (Wildman–Crippen LogP) is 4.55. The van der Waals surface area contributed by atoms with Crippen LogP contribution in [0.5, 0.6) is 0 Å². The summed E-state index contributed by atoms with van der Waals surface area (Å²) in [4.78, 5) is 18.7. The highest BCUT2D eigenvalue weighted by Crippen LogP contribution is 2.08. The van der Waals surface area contributed by atoms with Crippen LogP contribution in [0.25, 0.3) is 0 Å². The van der Waals surface area contributed by atoms with Gasteiger partial charge in [-0.15, -0.1) is 0 Å². The zero-order chi connectivity index (χ0) is 16.6. The van der Waals surface area contributed by atoms with E-state index in [1.165, 1.54) is 44.9 Å². The first-order chi connectivity index (χ1) is 11.3. The molecule has 0 bridgehead atoms. The Hall–Kier alpha value is -1.58. The monoisotopic (exact) mass is 319 g/mol. The van der Waals surface area contributed by atoms with E-state index in [1.54, 1.807) is 12.5 Å². The molecule has 0 fully saturated rings. The topological polar surface area (TPSA) is 57.8 Å². The lowest BCUT2D eigenvalue weighted by Gasteiger charge is -2.04. The Morgan fingerprint density at radius 1 is 1.13 bits per heavy atom. The molecule has 0 aliphatic carbocycles. The maximum Gasteiger partial charge on any atom is 0.220 e. The molecule has 0 atom stereocenters. The molecule has 130 valence electrons. The largest absolute Gasteiger partial charge is 0.356 e. The summed E-state index contributed by atoms with van der Waals surface area (Å²) in [6.07, 6.45) is 20.5. The number of unbranched alkanes of at least 4 members (excludes halogenated alkanes) is 7. The van der Waals surface area contributed by atoms with Gasteiger partial charge in [-0.1, -0.05) is 51.2 Å². The first-order valence-electron chi connectivity index (χ1n) is 9.22. The number of rotatable bonds is 14. The van der Waals surface area contributed by atoms with E-state index in [2.05, 4.69) is 34.4 Å². The van der Waals surface area contributed by atoms with Crippen LogP contribution >= 0.6 is 0 Å². The number of aromatic amines is 1. The highest BCUT2D eigenvalue weighted by molar-refractivity contribution is 5.75. The number of hydrogen-bond donors (Lipinski definition) is 2. The number of nitrogens with zero attached hydrogens (tertiary/aromatic N) is 1. The summed E-state index contributed by atoms with van der Waals surface area (Å²) in [5.41, 5.74) is 1.06. The lowest BCUT2D eigenvalue weighted by atomic mass is 10.1. The summed E-state index contributed by atoms with van der Waals surface area (Å²) in [6, 6.07) is 0. The molecule has 2 N–H and O–H groups in total. The quantitative estimate of drug-likeness (QED) is 0.390. The SMILES string of the molecule is CCCC/C=C\CCCCCCCC(=O)NCCc1cnc[nH]1. The van der Waals surface area contributed by atoms with E-state index in [4.69, 9.17) is 0 Å². The highest BCUT2D eigenvalue weighted by Gasteiger charge is 2.01. The molecular formula is C19H33N3O. The van der Waals surface area contributed by atoms with E-state index in [0.717, 1.165) is 25.0 Å². The average molecular weight is 319 g/mol. The summed E-state index contributed by atoms with van der Waals surface area (Å²) in [6.45, 7) is 2.92. The number of carbonyl (C=O) groups excluding carboxylic acids is 1. The average Bonchev–Trinajstić information content (AvgIpc) is 3.06. The number of allylic oxidation sites excluding steroid dienone is 2. The number of carbonyl (C=O) groups is 1. The van der Waals surface area contributed by atoms with Crippen molar-refractivity contribution < 1.29 is 4.79 Å². The normalized spacial score (nSPS) is 11.2. The zero-order valence-corrected chi connectivity index (χ0v) is 14.7. The number of amides is 1. The number of H-pyrrole nitrogens is 1. The minimum absolute atomic E-state index is 0.170. The molecule has 1 aromatic heterocycles. The van der Waals surface area contributed by atoms with Gasteiger partial charge < -0.3 is 10.3 Å². The molecule has 4 heteroatoms. The Bertz CT molecular complexity index is 412. The summed E-state index contributed by atoms with van der Waals surface area (Å²) in [5.74, 6) is 0.170. The van der Waals surface area contributed by atoms with Crippen molar-refractivity contribution in [3.8, 4) is 0 Å². The van der Waals surface area contributed by atoms with Crippen molar-refractivity contribution in [2.75, 3.05) is 6.54 Å². The molecule has 1 rings (SSSR count). The van der Waals surface area contributed by atoms with Crippen LogP contribution in [0.3, 0.4) is 0 Å². The van der Waals surface area contributed by atoms with Gasteiger partial charge in [0.1, 0.15) is 0 Å². The molecule has 1 amide bonds. The molecule has 1 heterocycles. The molecule has 1 aromatic rings. The van der Waals surface area contributed by atoms with Gasteiger partial charge in [0.15, 0.2) is 0 Å². The smallest absolute Gasteiger partial charge is 0.220 e. The van der Waals surface area contributed by atoms with Crippen molar-refractivity contribution >= 4 is 5.91 Å². The first-order valence-corrected chi connectivity index (χ1v) is 9.22. The van der Waals surface area contributed by atoms with Crippen LogP contribution in [-0.4, -0.2) is 22.4 Å². The van der Waals surface area contributed by atoms with Gasteiger partial charge in [-0.3, -0.25) is 4.79 Å². The summed E-state index contributed by atoms with van der Waals surface area (Å²) >= 11 is 0. The number of nitrogens with one attached hydrogen (secondary N) is 2. The van der Waals surface area contributed by atoms with E-state index in [9.17, 15) is 4.79 Å². The molecule has 0 saturated heterocycles. The van der Waals surface area contributed by atoms with Gasteiger partial charge in [0.05, 0.1) is 6.33 Å². The molecule has 0 aromatic carbocycles. The van der Waals surface area contributed by atoms with Gasteiger partial charge in [0.2, 0.25) is 5.91 Å².